The minimum atomic E-state index is -0.887. The first-order chi connectivity index (χ1) is 10.1. The maximum atomic E-state index is 10.7. The van der Waals surface area contributed by atoms with E-state index in [4.69, 9.17) is 14.4 Å². The highest BCUT2D eigenvalue weighted by molar-refractivity contribution is 5.67. The van der Waals surface area contributed by atoms with E-state index in [1.54, 1.807) is 6.92 Å². The van der Waals surface area contributed by atoms with Crippen LogP contribution in [0.1, 0.15) is 32.1 Å². The number of aliphatic carboxylic acids is 1. The Hall–Kier alpha value is -2.15. The van der Waals surface area contributed by atoms with E-state index in [2.05, 4.69) is 10.1 Å². The van der Waals surface area contributed by atoms with Crippen LogP contribution < -0.4 is 0 Å². The second kappa shape index (κ2) is 7.03. The van der Waals surface area contributed by atoms with E-state index in [-0.39, 0.29) is 12.3 Å². The van der Waals surface area contributed by atoms with Gasteiger partial charge in [-0.05, 0) is 19.1 Å². The molecular formula is C14H19N3O4. The normalized spacial score (nSPS) is 12.5. The smallest absolute Gasteiger partial charge is 0.304 e. The summed E-state index contributed by atoms with van der Waals surface area (Å²) in [5.41, 5.74) is 0.826. The number of aromatic nitrogens is 3. The van der Waals surface area contributed by atoms with Crippen molar-refractivity contribution in [3.05, 3.63) is 24.2 Å². The maximum Gasteiger partial charge on any atom is 0.304 e. The van der Waals surface area contributed by atoms with Gasteiger partial charge in [0.25, 0.3) is 0 Å². The Morgan fingerprint density at radius 3 is 3.10 bits per heavy atom. The van der Waals surface area contributed by atoms with E-state index in [9.17, 15) is 4.79 Å². The molecule has 114 valence electrons. The van der Waals surface area contributed by atoms with Crippen LogP contribution in [0.5, 0.6) is 0 Å². The fourth-order valence-corrected chi connectivity index (χ4v) is 2.01. The zero-order chi connectivity index (χ0) is 15.2. The number of carboxylic acid groups (broad SMARTS) is 1. The number of hydrogen-bond acceptors (Lipinski definition) is 5. The lowest BCUT2D eigenvalue weighted by atomic mass is 10.1. The SMILES string of the molecule is CCOCCn1cccc1-c1noc(C(C)CC(=O)O)n1. The number of carbonyl (C=O) groups is 1. The van der Waals surface area contributed by atoms with Crippen LogP contribution >= 0.6 is 0 Å². The predicted octanol–water partition coefficient (Wildman–Crippen LogP) is 2.15. The Kier molecular flexibility index (Phi) is 5.10. The van der Waals surface area contributed by atoms with Crippen LogP contribution in [0, 0.1) is 0 Å². The molecule has 0 aliphatic rings. The van der Waals surface area contributed by atoms with Crippen molar-refractivity contribution in [1.29, 1.82) is 0 Å². The van der Waals surface area contributed by atoms with Gasteiger partial charge in [-0.25, -0.2) is 0 Å². The summed E-state index contributed by atoms with van der Waals surface area (Å²) in [6.45, 7) is 5.68. The molecule has 0 saturated heterocycles. The Labute approximate surface area is 122 Å². The van der Waals surface area contributed by atoms with Gasteiger partial charge in [-0.15, -0.1) is 0 Å². The number of ether oxygens (including phenoxy) is 1. The van der Waals surface area contributed by atoms with E-state index in [1.165, 1.54) is 0 Å². The summed E-state index contributed by atoms with van der Waals surface area (Å²) in [6, 6.07) is 3.79. The highest BCUT2D eigenvalue weighted by atomic mass is 16.5. The van der Waals surface area contributed by atoms with Gasteiger partial charge in [-0.3, -0.25) is 4.79 Å². The van der Waals surface area contributed by atoms with Crippen LogP contribution in [0.3, 0.4) is 0 Å². The quantitative estimate of drug-likeness (QED) is 0.750. The molecule has 2 aromatic rings. The fourth-order valence-electron chi connectivity index (χ4n) is 2.01. The van der Waals surface area contributed by atoms with Crippen LogP contribution in [-0.2, 0) is 16.1 Å². The van der Waals surface area contributed by atoms with Gasteiger partial charge in [0.15, 0.2) is 0 Å². The molecule has 7 heteroatoms. The molecule has 1 N–H and O–H groups in total. The molecule has 21 heavy (non-hydrogen) atoms. The zero-order valence-electron chi connectivity index (χ0n) is 12.2. The molecule has 0 saturated carbocycles. The molecule has 1 atom stereocenters. The summed E-state index contributed by atoms with van der Waals surface area (Å²) < 4.78 is 12.5. The molecule has 0 aromatic carbocycles. The van der Waals surface area contributed by atoms with Crippen molar-refractivity contribution in [1.82, 2.24) is 14.7 Å². The van der Waals surface area contributed by atoms with Crippen molar-refractivity contribution in [2.24, 2.45) is 0 Å². The lowest BCUT2D eigenvalue weighted by Gasteiger charge is -2.06. The first-order valence-electron chi connectivity index (χ1n) is 6.90. The van der Waals surface area contributed by atoms with Gasteiger partial charge < -0.3 is 18.9 Å². The Morgan fingerprint density at radius 2 is 2.38 bits per heavy atom. The average molecular weight is 293 g/mol. The molecular weight excluding hydrogens is 274 g/mol. The first kappa shape index (κ1) is 15.2. The van der Waals surface area contributed by atoms with E-state index in [0.29, 0.717) is 31.5 Å². The Morgan fingerprint density at radius 1 is 1.57 bits per heavy atom. The number of rotatable bonds is 8. The van der Waals surface area contributed by atoms with Gasteiger partial charge in [0, 0.05) is 25.3 Å². The molecule has 0 aliphatic heterocycles. The number of carboxylic acids is 1. The van der Waals surface area contributed by atoms with Crippen LogP contribution in [0.15, 0.2) is 22.9 Å². The molecule has 0 aliphatic carbocycles. The van der Waals surface area contributed by atoms with Gasteiger partial charge in [-0.2, -0.15) is 4.98 Å². The number of hydrogen-bond donors (Lipinski definition) is 1. The first-order valence-corrected chi connectivity index (χ1v) is 6.90. The average Bonchev–Trinajstić information content (AvgIpc) is 3.06. The molecule has 2 rings (SSSR count). The summed E-state index contributed by atoms with van der Waals surface area (Å²) in [4.78, 5) is 15.0. The van der Waals surface area contributed by atoms with Crippen molar-refractivity contribution >= 4 is 5.97 Å². The van der Waals surface area contributed by atoms with Crippen LogP contribution in [-0.4, -0.2) is 39.0 Å². The highest BCUT2D eigenvalue weighted by Gasteiger charge is 2.19. The van der Waals surface area contributed by atoms with E-state index < -0.39 is 5.97 Å². The lowest BCUT2D eigenvalue weighted by Crippen LogP contribution is -2.06. The molecule has 7 nitrogen and oxygen atoms in total. The van der Waals surface area contributed by atoms with Gasteiger partial charge in [0.1, 0.15) is 0 Å². The third-order valence-corrected chi connectivity index (χ3v) is 3.08. The summed E-state index contributed by atoms with van der Waals surface area (Å²) in [7, 11) is 0. The Balaban J connectivity index is 2.10. The molecule has 2 heterocycles. The molecule has 0 spiro atoms. The molecule has 2 aromatic heterocycles. The molecule has 1 unspecified atom stereocenters. The summed E-state index contributed by atoms with van der Waals surface area (Å²) >= 11 is 0. The molecule has 0 amide bonds. The summed E-state index contributed by atoms with van der Waals surface area (Å²) in [6.07, 6.45) is 1.89. The predicted molar refractivity (Wildman–Crippen MR) is 74.9 cm³/mol. The fraction of sp³-hybridized carbons (Fsp3) is 0.500. The van der Waals surface area contributed by atoms with Crippen LogP contribution in [0.25, 0.3) is 11.5 Å². The van der Waals surface area contributed by atoms with E-state index in [0.717, 1.165) is 5.69 Å². The van der Waals surface area contributed by atoms with Crippen molar-refractivity contribution in [2.75, 3.05) is 13.2 Å². The van der Waals surface area contributed by atoms with Gasteiger partial charge in [0.05, 0.1) is 18.7 Å². The minimum Gasteiger partial charge on any atom is -0.481 e. The molecule has 0 radical (unpaired) electrons. The standard InChI is InChI=1S/C14H19N3O4/c1-3-20-8-7-17-6-4-5-11(17)13-15-14(21-16-13)10(2)9-12(18)19/h4-6,10H,3,7-9H2,1-2H3,(H,18,19). The topological polar surface area (TPSA) is 90.4 Å². The van der Waals surface area contributed by atoms with Crippen molar-refractivity contribution in [3.8, 4) is 11.5 Å². The van der Waals surface area contributed by atoms with Gasteiger partial charge in [0.2, 0.25) is 11.7 Å². The van der Waals surface area contributed by atoms with E-state index >= 15 is 0 Å². The van der Waals surface area contributed by atoms with Gasteiger partial charge >= 0.3 is 5.97 Å². The largest absolute Gasteiger partial charge is 0.481 e. The zero-order valence-corrected chi connectivity index (χ0v) is 12.2. The molecule has 0 bridgehead atoms. The number of nitrogens with zero attached hydrogens (tertiary/aromatic N) is 3. The molecule has 0 fully saturated rings. The lowest BCUT2D eigenvalue weighted by molar-refractivity contribution is -0.137. The second-order valence-corrected chi connectivity index (χ2v) is 4.74. The van der Waals surface area contributed by atoms with Crippen LogP contribution in [0.4, 0.5) is 0 Å². The Bertz CT molecular complexity index is 591. The van der Waals surface area contributed by atoms with Crippen molar-refractivity contribution in [3.63, 3.8) is 0 Å². The minimum absolute atomic E-state index is 0.0347. The monoisotopic (exact) mass is 293 g/mol. The summed E-state index contributed by atoms with van der Waals surface area (Å²) in [5.74, 6) is -0.397. The van der Waals surface area contributed by atoms with Gasteiger partial charge in [-0.1, -0.05) is 12.1 Å². The summed E-state index contributed by atoms with van der Waals surface area (Å²) in [5, 5.41) is 12.7. The maximum absolute atomic E-state index is 10.7. The third kappa shape index (κ3) is 3.91. The second-order valence-electron chi connectivity index (χ2n) is 4.74. The highest BCUT2D eigenvalue weighted by Crippen LogP contribution is 2.22. The third-order valence-electron chi connectivity index (χ3n) is 3.08. The van der Waals surface area contributed by atoms with Crippen molar-refractivity contribution in [2.45, 2.75) is 32.7 Å². The van der Waals surface area contributed by atoms with Crippen molar-refractivity contribution < 1.29 is 19.2 Å². The van der Waals surface area contributed by atoms with Crippen LogP contribution in [0.2, 0.25) is 0 Å². The van der Waals surface area contributed by atoms with E-state index in [1.807, 2.05) is 29.8 Å².